The van der Waals surface area contributed by atoms with Crippen LogP contribution >= 0.6 is 0 Å². The first-order valence-electron chi connectivity index (χ1n) is 5.33. The number of rotatable bonds is 4. The molecule has 0 saturated heterocycles. The van der Waals surface area contributed by atoms with Crippen LogP contribution in [0.1, 0.15) is 17.6 Å². The second-order valence-electron chi connectivity index (χ2n) is 3.72. The molecule has 0 fully saturated rings. The van der Waals surface area contributed by atoms with Crippen LogP contribution in [0.3, 0.4) is 0 Å². The molecule has 5 nitrogen and oxygen atoms in total. The zero-order valence-electron chi connectivity index (χ0n) is 9.76. The highest BCUT2D eigenvalue weighted by Crippen LogP contribution is 2.17. The summed E-state index contributed by atoms with van der Waals surface area (Å²) in [6.07, 6.45) is 3.61. The summed E-state index contributed by atoms with van der Waals surface area (Å²) in [4.78, 5) is 8.19. The number of halogens is 1. The summed E-state index contributed by atoms with van der Waals surface area (Å²) in [6, 6.07) is 2.77. The van der Waals surface area contributed by atoms with E-state index in [4.69, 9.17) is 0 Å². The molecule has 0 bridgehead atoms. The van der Waals surface area contributed by atoms with Crippen LogP contribution in [0, 0.1) is 5.82 Å². The summed E-state index contributed by atoms with van der Waals surface area (Å²) in [5.74, 6) is 0.475. The van der Waals surface area contributed by atoms with E-state index in [-0.39, 0.29) is 11.9 Å². The van der Waals surface area contributed by atoms with Crippen LogP contribution in [0.4, 0.5) is 4.39 Å². The van der Waals surface area contributed by atoms with Crippen molar-refractivity contribution in [1.29, 1.82) is 0 Å². The second-order valence-corrected chi connectivity index (χ2v) is 3.72. The van der Waals surface area contributed by atoms with Crippen molar-refractivity contribution in [3.8, 4) is 0 Å². The number of hydrogen-bond donors (Lipinski definition) is 1. The van der Waals surface area contributed by atoms with Crippen LogP contribution in [-0.2, 0) is 13.5 Å². The van der Waals surface area contributed by atoms with Gasteiger partial charge in [-0.1, -0.05) is 0 Å². The van der Waals surface area contributed by atoms with Gasteiger partial charge in [-0.25, -0.2) is 9.37 Å². The van der Waals surface area contributed by atoms with E-state index in [0.29, 0.717) is 12.1 Å². The summed E-state index contributed by atoms with van der Waals surface area (Å²) >= 11 is 0. The fraction of sp³-hybridized carbons (Fsp3) is 0.364. The molecule has 2 heterocycles. The first kappa shape index (κ1) is 11.7. The molecule has 0 saturated carbocycles. The molecule has 0 amide bonds. The smallest absolute Gasteiger partial charge is 0.146 e. The Morgan fingerprint density at radius 3 is 2.88 bits per heavy atom. The Morgan fingerprint density at radius 2 is 2.29 bits per heavy atom. The Hall–Kier alpha value is -1.82. The molecule has 0 aliphatic rings. The Labute approximate surface area is 98.7 Å². The molecule has 0 radical (unpaired) electrons. The summed E-state index contributed by atoms with van der Waals surface area (Å²) < 4.78 is 15.3. The number of aromatic nitrogens is 4. The maximum atomic E-state index is 13.6. The molecule has 90 valence electrons. The van der Waals surface area contributed by atoms with Gasteiger partial charge in [0, 0.05) is 19.7 Å². The summed E-state index contributed by atoms with van der Waals surface area (Å²) in [5.41, 5.74) is 0.401. The van der Waals surface area contributed by atoms with Crippen molar-refractivity contribution in [2.24, 2.45) is 7.05 Å². The molecule has 2 aromatic heterocycles. The Bertz CT molecular complexity index is 496. The van der Waals surface area contributed by atoms with E-state index in [2.05, 4.69) is 20.4 Å². The Morgan fingerprint density at radius 1 is 1.47 bits per heavy atom. The number of hydrogen-bond acceptors (Lipinski definition) is 4. The van der Waals surface area contributed by atoms with Gasteiger partial charge in [0.25, 0.3) is 0 Å². The van der Waals surface area contributed by atoms with Crippen LogP contribution in [0.2, 0.25) is 0 Å². The quantitative estimate of drug-likeness (QED) is 0.853. The highest BCUT2D eigenvalue weighted by Gasteiger charge is 2.17. The van der Waals surface area contributed by atoms with Crippen molar-refractivity contribution >= 4 is 0 Å². The maximum Gasteiger partial charge on any atom is 0.146 e. The first-order chi connectivity index (χ1) is 8.22. The zero-order chi connectivity index (χ0) is 12.3. The molecule has 1 atom stereocenters. The highest BCUT2D eigenvalue weighted by atomic mass is 19.1. The Kier molecular flexibility index (Phi) is 3.43. The van der Waals surface area contributed by atoms with Crippen LogP contribution in [0.15, 0.2) is 24.7 Å². The predicted octanol–water partition coefficient (Wildman–Crippen LogP) is 0.852. The van der Waals surface area contributed by atoms with Gasteiger partial charge < -0.3 is 5.32 Å². The maximum absolute atomic E-state index is 13.6. The number of pyridine rings is 1. The largest absolute Gasteiger partial charge is 0.311 e. The minimum Gasteiger partial charge on any atom is -0.311 e. The average Bonchev–Trinajstić information content (AvgIpc) is 2.73. The van der Waals surface area contributed by atoms with E-state index in [9.17, 15) is 4.39 Å². The fourth-order valence-electron chi connectivity index (χ4n) is 1.68. The molecule has 0 aromatic carbocycles. The van der Waals surface area contributed by atoms with E-state index in [1.54, 1.807) is 24.0 Å². The van der Waals surface area contributed by atoms with Gasteiger partial charge in [-0.05, 0) is 19.2 Å². The summed E-state index contributed by atoms with van der Waals surface area (Å²) in [6.45, 7) is 0. The lowest BCUT2D eigenvalue weighted by Gasteiger charge is -2.15. The minimum absolute atomic E-state index is 0.209. The molecule has 1 unspecified atom stereocenters. The van der Waals surface area contributed by atoms with E-state index in [1.807, 2.05) is 7.05 Å². The van der Waals surface area contributed by atoms with Crippen LogP contribution in [0.5, 0.6) is 0 Å². The van der Waals surface area contributed by atoms with Crippen molar-refractivity contribution in [1.82, 2.24) is 25.1 Å². The van der Waals surface area contributed by atoms with Gasteiger partial charge in [0.2, 0.25) is 0 Å². The topological polar surface area (TPSA) is 55.6 Å². The van der Waals surface area contributed by atoms with Gasteiger partial charge in [0.05, 0.1) is 11.7 Å². The van der Waals surface area contributed by atoms with Gasteiger partial charge in [-0.2, -0.15) is 5.10 Å². The molecule has 1 N–H and O–H groups in total. The molecule has 0 aliphatic carbocycles. The number of nitrogens with zero attached hydrogens (tertiary/aromatic N) is 4. The standard InChI is InChI=1S/C11H14FN5/c1-13-9(6-10-15-7-16-17(10)2)11-8(12)4-3-5-14-11/h3-5,7,9,13H,6H2,1-2H3. The lowest BCUT2D eigenvalue weighted by Crippen LogP contribution is -2.22. The highest BCUT2D eigenvalue weighted by molar-refractivity contribution is 5.13. The predicted molar refractivity (Wildman–Crippen MR) is 60.7 cm³/mol. The van der Waals surface area contributed by atoms with Crippen molar-refractivity contribution in [3.05, 3.63) is 42.0 Å². The SMILES string of the molecule is CNC(Cc1ncnn1C)c1ncccc1F. The zero-order valence-corrected chi connectivity index (χ0v) is 9.76. The number of nitrogens with one attached hydrogen (secondary N) is 1. The first-order valence-corrected chi connectivity index (χ1v) is 5.33. The molecule has 17 heavy (non-hydrogen) atoms. The van der Waals surface area contributed by atoms with Crippen molar-refractivity contribution in [3.63, 3.8) is 0 Å². The van der Waals surface area contributed by atoms with E-state index >= 15 is 0 Å². The van der Waals surface area contributed by atoms with E-state index < -0.39 is 0 Å². The van der Waals surface area contributed by atoms with Gasteiger partial charge in [0.1, 0.15) is 18.0 Å². The normalized spacial score (nSPS) is 12.6. The number of likely N-dealkylation sites (N-methyl/N-ethyl adjacent to an activating group) is 1. The lowest BCUT2D eigenvalue weighted by molar-refractivity contribution is 0.499. The molecule has 2 aromatic rings. The molecule has 0 aliphatic heterocycles. The van der Waals surface area contributed by atoms with Crippen molar-refractivity contribution in [2.45, 2.75) is 12.5 Å². The van der Waals surface area contributed by atoms with Crippen molar-refractivity contribution in [2.75, 3.05) is 7.05 Å². The fourth-order valence-corrected chi connectivity index (χ4v) is 1.68. The van der Waals surface area contributed by atoms with Crippen molar-refractivity contribution < 1.29 is 4.39 Å². The van der Waals surface area contributed by atoms with Gasteiger partial charge in [-0.15, -0.1) is 0 Å². The minimum atomic E-state index is -0.311. The van der Waals surface area contributed by atoms with E-state index in [1.165, 1.54) is 12.4 Å². The van der Waals surface area contributed by atoms with Crippen LogP contribution in [0.25, 0.3) is 0 Å². The van der Waals surface area contributed by atoms with Gasteiger partial charge >= 0.3 is 0 Å². The third-order valence-corrected chi connectivity index (χ3v) is 2.66. The molecular weight excluding hydrogens is 221 g/mol. The molecule has 2 rings (SSSR count). The lowest BCUT2D eigenvalue weighted by atomic mass is 10.1. The third-order valence-electron chi connectivity index (χ3n) is 2.66. The second kappa shape index (κ2) is 5.01. The Balaban J connectivity index is 2.23. The van der Waals surface area contributed by atoms with Crippen LogP contribution < -0.4 is 5.32 Å². The van der Waals surface area contributed by atoms with Gasteiger partial charge in [-0.3, -0.25) is 9.67 Å². The average molecular weight is 235 g/mol. The molecular formula is C11H14FN5. The monoisotopic (exact) mass is 235 g/mol. The molecule has 6 heteroatoms. The third kappa shape index (κ3) is 2.47. The van der Waals surface area contributed by atoms with Gasteiger partial charge in [0.15, 0.2) is 0 Å². The summed E-state index contributed by atoms with van der Waals surface area (Å²) in [5, 5.41) is 7.02. The van der Waals surface area contributed by atoms with Crippen LogP contribution in [-0.4, -0.2) is 26.8 Å². The van der Waals surface area contributed by atoms with E-state index in [0.717, 1.165) is 5.82 Å². The molecule has 0 spiro atoms. The summed E-state index contributed by atoms with van der Waals surface area (Å²) in [7, 11) is 3.58. The number of aryl methyl sites for hydroxylation is 1.